The third-order valence-corrected chi connectivity index (χ3v) is 3.10. The molecule has 0 radical (unpaired) electrons. The van der Waals surface area contributed by atoms with Crippen molar-refractivity contribution in [2.45, 2.75) is 31.8 Å². The van der Waals surface area contributed by atoms with Gasteiger partial charge in [0.05, 0.1) is 5.60 Å². The first-order valence-corrected chi connectivity index (χ1v) is 5.08. The minimum atomic E-state index is -0.790. The molecule has 14 heavy (non-hydrogen) atoms. The van der Waals surface area contributed by atoms with Gasteiger partial charge in [0, 0.05) is 0 Å². The number of benzene rings is 1. The Hall–Kier alpha value is -0.890. The van der Waals surface area contributed by atoms with Crippen molar-refractivity contribution in [3.8, 4) is 0 Å². The van der Waals surface area contributed by atoms with Gasteiger partial charge in [-0.25, -0.2) is 4.39 Å². The monoisotopic (exact) mass is 194 g/mol. The molecule has 1 nitrogen and oxygen atoms in total. The van der Waals surface area contributed by atoms with Crippen LogP contribution < -0.4 is 0 Å². The van der Waals surface area contributed by atoms with Crippen LogP contribution in [0.2, 0.25) is 0 Å². The lowest BCUT2D eigenvalue weighted by Gasteiger charge is -2.23. The van der Waals surface area contributed by atoms with Crippen LogP contribution in [-0.4, -0.2) is 5.11 Å². The molecule has 0 amide bonds. The van der Waals surface area contributed by atoms with Crippen molar-refractivity contribution in [1.29, 1.82) is 0 Å². The van der Waals surface area contributed by atoms with Crippen molar-refractivity contribution in [3.63, 3.8) is 0 Å². The molecule has 2 heteroatoms. The van der Waals surface area contributed by atoms with Crippen LogP contribution >= 0.6 is 0 Å². The molecule has 1 aliphatic carbocycles. The fraction of sp³-hybridized carbons (Fsp3) is 0.500. The number of halogens is 1. The predicted molar refractivity (Wildman–Crippen MR) is 53.3 cm³/mol. The van der Waals surface area contributed by atoms with E-state index in [1.54, 1.807) is 12.1 Å². The summed E-state index contributed by atoms with van der Waals surface area (Å²) in [6.07, 6.45) is 2.51. The predicted octanol–water partition coefficient (Wildman–Crippen LogP) is 2.83. The van der Waals surface area contributed by atoms with E-state index < -0.39 is 5.60 Å². The maximum Gasteiger partial charge on any atom is 0.123 e. The first-order chi connectivity index (χ1) is 6.60. The van der Waals surface area contributed by atoms with Gasteiger partial charge in [-0.3, -0.25) is 0 Å². The zero-order valence-electron chi connectivity index (χ0n) is 8.33. The summed E-state index contributed by atoms with van der Waals surface area (Å²) in [5, 5.41) is 10.3. The summed E-state index contributed by atoms with van der Waals surface area (Å²) in [6, 6.07) is 6.32. The second kappa shape index (κ2) is 3.35. The van der Waals surface area contributed by atoms with Crippen LogP contribution in [0.4, 0.5) is 4.39 Å². The summed E-state index contributed by atoms with van der Waals surface area (Å²) in [6.45, 7) is 2.12. The molecule has 2 atom stereocenters. The minimum Gasteiger partial charge on any atom is -0.385 e. The van der Waals surface area contributed by atoms with Crippen molar-refractivity contribution in [1.82, 2.24) is 0 Å². The molecule has 0 unspecified atom stereocenters. The molecule has 1 saturated carbocycles. The average molecular weight is 194 g/mol. The molecule has 0 bridgehead atoms. The van der Waals surface area contributed by atoms with Crippen molar-refractivity contribution < 1.29 is 9.50 Å². The normalized spacial score (nSPS) is 32.1. The summed E-state index contributed by atoms with van der Waals surface area (Å²) in [5.74, 6) is 0.263. The van der Waals surface area contributed by atoms with Crippen LogP contribution in [0, 0.1) is 11.7 Å². The number of aliphatic hydroxyl groups is 1. The first kappa shape index (κ1) is 9.66. The van der Waals surface area contributed by atoms with Crippen LogP contribution in [0.3, 0.4) is 0 Å². The summed E-state index contributed by atoms with van der Waals surface area (Å²) < 4.78 is 13.0. The van der Waals surface area contributed by atoms with Gasteiger partial charge >= 0.3 is 0 Å². The third kappa shape index (κ3) is 1.67. The maximum atomic E-state index is 13.0. The molecule has 1 fully saturated rings. The van der Waals surface area contributed by atoms with E-state index >= 15 is 0 Å². The lowest BCUT2D eigenvalue weighted by atomic mass is 9.91. The Labute approximate surface area is 83.6 Å². The molecule has 76 valence electrons. The van der Waals surface area contributed by atoms with E-state index in [-0.39, 0.29) is 5.82 Å². The second-order valence-corrected chi connectivity index (χ2v) is 4.39. The quantitative estimate of drug-likeness (QED) is 0.728. The number of hydrogen-bond acceptors (Lipinski definition) is 1. The second-order valence-electron chi connectivity index (χ2n) is 4.39. The van der Waals surface area contributed by atoms with Crippen molar-refractivity contribution in [3.05, 3.63) is 35.6 Å². The van der Waals surface area contributed by atoms with E-state index in [9.17, 15) is 9.50 Å². The Balaban J connectivity index is 2.30. The Morgan fingerprint density at radius 1 is 1.50 bits per heavy atom. The Morgan fingerprint density at radius 3 is 2.86 bits per heavy atom. The third-order valence-electron chi connectivity index (χ3n) is 3.10. The van der Waals surface area contributed by atoms with Crippen molar-refractivity contribution in [2.75, 3.05) is 0 Å². The van der Waals surface area contributed by atoms with E-state index in [1.807, 2.05) is 0 Å². The van der Waals surface area contributed by atoms with Gasteiger partial charge in [0.25, 0.3) is 0 Å². The van der Waals surface area contributed by atoms with E-state index in [2.05, 4.69) is 6.92 Å². The van der Waals surface area contributed by atoms with Gasteiger partial charge in [0.1, 0.15) is 5.82 Å². The van der Waals surface area contributed by atoms with Crippen LogP contribution in [0.1, 0.15) is 31.7 Å². The van der Waals surface area contributed by atoms with E-state index in [0.29, 0.717) is 5.92 Å². The fourth-order valence-corrected chi connectivity index (χ4v) is 2.31. The highest BCUT2D eigenvalue weighted by Gasteiger charge is 2.36. The molecule has 0 heterocycles. The Kier molecular flexibility index (Phi) is 2.31. The lowest BCUT2D eigenvalue weighted by molar-refractivity contribution is 0.0405. The van der Waals surface area contributed by atoms with Gasteiger partial charge in [-0.15, -0.1) is 0 Å². The summed E-state index contributed by atoms with van der Waals surface area (Å²) >= 11 is 0. The SMILES string of the molecule is C[C@H]1CC[C@@](O)(c2cccc(F)c2)C1. The summed E-state index contributed by atoms with van der Waals surface area (Å²) in [7, 11) is 0. The summed E-state index contributed by atoms with van der Waals surface area (Å²) in [5.41, 5.74) is -0.0662. The van der Waals surface area contributed by atoms with Crippen LogP contribution in [0.25, 0.3) is 0 Å². The van der Waals surface area contributed by atoms with Gasteiger partial charge in [-0.2, -0.15) is 0 Å². The molecule has 1 aromatic carbocycles. The zero-order chi connectivity index (χ0) is 10.2. The fourth-order valence-electron chi connectivity index (χ4n) is 2.31. The summed E-state index contributed by atoms with van der Waals surface area (Å²) in [4.78, 5) is 0. The first-order valence-electron chi connectivity index (χ1n) is 5.08. The van der Waals surface area contributed by atoms with E-state index in [4.69, 9.17) is 0 Å². The van der Waals surface area contributed by atoms with Gasteiger partial charge in [0.2, 0.25) is 0 Å². The molecule has 1 N–H and O–H groups in total. The highest BCUT2D eigenvalue weighted by molar-refractivity contribution is 5.24. The molecule has 0 saturated heterocycles. The molecule has 0 aliphatic heterocycles. The topological polar surface area (TPSA) is 20.2 Å². The highest BCUT2D eigenvalue weighted by Crippen LogP contribution is 2.41. The maximum absolute atomic E-state index is 13.0. The van der Waals surface area contributed by atoms with E-state index in [1.165, 1.54) is 12.1 Å². The average Bonchev–Trinajstić information content (AvgIpc) is 2.48. The molecular weight excluding hydrogens is 179 g/mol. The smallest absolute Gasteiger partial charge is 0.123 e. The lowest BCUT2D eigenvalue weighted by Crippen LogP contribution is -2.21. The van der Waals surface area contributed by atoms with Gasteiger partial charge < -0.3 is 5.11 Å². The molecule has 1 aromatic rings. The highest BCUT2D eigenvalue weighted by atomic mass is 19.1. The number of rotatable bonds is 1. The molecule has 0 spiro atoms. The van der Waals surface area contributed by atoms with Crippen LogP contribution in [0.5, 0.6) is 0 Å². The van der Waals surface area contributed by atoms with Crippen molar-refractivity contribution >= 4 is 0 Å². The molecule has 2 rings (SSSR count). The van der Waals surface area contributed by atoms with Gasteiger partial charge in [-0.1, -0.05) is 19.1 Å². The van der Waals surface area contributed by atoms with Crippen molar-refractivity contribution in [2.24, 2.45) is 5.92 Å². The standard InChI is InChI=1S/C12H15FO/c1-9-5-6-12(14,8-9)10-3-2-4-11(13)7-10/h2-4,7,9,14H,5-6,8H2,1H3/t9-,12-/m0/s1. The van der Waals surface area contributed by atoms with Gasteiger partial charge in [0.15, 0.2) is 0 Å². The molecule has 0 aromatic heterocycles. The van der Waals surface area contributed by atoms with Gasteiger partial charge in [-0.05, 0) is 42.9 Å². The largest absolute Gasteiger partial charge is 0.385 e. The van der Waals surface area contributed by atoms with Crippen LogP contribution in [0.15, 0.2) is 24.3 Å². The number of hydrogen-bond donors (Lipinski definition) is 1. The van der Waals surface area contributed by atoms with E-state index in [0.717, 1.165) is 24.8 Å². The molecular formula is C12H15FO. The minimum absolute atomic E-state index is 0.268. The Bertz CT molecular complexity index is 337. The zero-order valence-corrected chi connectivity index (χ0v) is 8.33. The van der Waals surface area contributed by atoms with Crippen LogP contribution in [-0.2, 0) is 5.60 Å². The molecule has 1 aliphatic rings. The Morgan fingerprint density at radius 2 is 2.29 bits per heavy atom.